The first-order valence-corrected chi connectivity index (χ1v) is 9.28. The third-order valence-corrected chi connectivity index (χ3v) is 4.41. The summed E-state index contributed by atoms with van der Waals surface area (Å²) in [7, 11) is 0. The summed E-state index contributed by atoms with van der Waals surface area (Å²) < 4.78 is 5.22. The number of thioether (sulfide) groups is 1. The number of carbonyl (C=O) groups is 1. The molecule has 124 valence electrons. The number of hydrogen-bond acceptors (Lipinski definition) is 4. The number of carbonyl (C=O) groups excluding carboxylic acids is 1. The van der Waals surface area contributed by atoms with Gasteiger partial charge in [-0.1, -0.05) is 45.4 Å². The van der Waals surface area contributed by atoms with E-state index in [9.17, 15) is 9.90 Å². The standard InChI is InChI=1S/C18H28O3S/c1-2-3-4-5-6-7-8-9-18(20)21-14-15-22-17-12-10-16(19)11-13-17/h10-13,19H,2-9,14-15H2,1H3. The molecular weight excluding hydrogens is 296 g/mol. The van der Waals surface area contributed by atoms with Crippen molar-refractivity contribution in [2.45, 2.75) is 63.2 Å². The highest BCUT2D eigenvalue weighted by molar-refractivity contribution is 7.99. The maximum atomic E-state index is 11.6. The second-order valence-electron chi connectivity index (χ2n) is 5.43. The van der Waals surface area contributed by atoms with E-state index in [4.69, 9.17) is 4.74 Å². The van der Waals surface area contributed by atoms with E-state index in [1.54, 1.807) is 23.9 Å². The lowest BCUT2D eigenvalue weighted by atomic mass is 10.1. The smallest absolute Gasteiger partial charge is 0.305 e. The van der Waals surface area contributed by atoms with Gasteiger partial charge >= 0.3 is 5.97 Å². The van der Waals surface area contributed by atoms with Crippen LogP contribution in [-0.4, -0.2) is 23.4 Å². The van der Waals surface area contributed by atoms with Crippen molar-refractivity contribution in [3.05, 3.63) is 24.3 Å². The predicted molar refractivity (Wildman–Crippen MR) is 92.4 cm³/mol. The second kappa shape index (κ2) is 12.4. The monoisotopic (exact) mass is 324 g/mol. The van der Waals surface area contributed by atoms with Crippen LogP contribution in [-0.2, 0) is 9.53 Å². The summed E-state index contributed by atoms with van der Waals surface area (Å²) in [5.74, 6) is 0.929. The van der Waals surface area contributed by atoms with Gasteiger partial charge in [-0.3, -0.25) is 4.79 Å². The normalized spacial score (nSPS) is 10.6. The van der Waals surface area contributed by atoms with E-state index in [-0.39, 0.29) is 11.7 Å². The molecule has 0 aliphatic rings. The first kappa shape index (κ1) is 18.9. The van der Waals surface area contributed by atoms with Gasteiger partial charge in [0.15, 0.2) is 0 Å². The Labute approximate surface area is 138 Å². The molecule has 0 radical (unpaired) electrons. The first-order chi connectivity index (χ1) is 10.7. The molecule has 0 atom stereocenters. The summed E-state index contributed by atoms with van der Waals surface area (Å²) in [4.78, 5) is 12.6. The van der Waals surface area contributed by atoms with Gasteiger partial charge in [0, 0.05) is 17.1 Å². The Bertz CT molecular complexity index is 403. The number of benzene rings is 1. The van der Waals surface area contributed by atoms with Crippen LogP contribution in [0.2, 0.25) is 0 Å². The van der Waals surface area contributed by atoms with Crippen LogP contribution in [0.25, 0.3) is 0 Å². The van der Waals surface area contributed by atoms with Crippen molar-refractivity contribution < 1.29 is 14.6 Å². The molecule has 1 rings (SSSR count). The summed E-state index contributed by atoms with van der Waals surface area (Å²) in [6, 6.07) is 7.05. The number of ether oxygens (including phenoxy) is 1. The zero-order valence-corrected chi connectivity index (χ0v) is 14.4. The highest BCUT2D eigenvalue weighted by Gasteiger charge is 2.03. The van der Waals surface area contributed by atoms with Crippen molar-refractivity contribution >= 4 is 17.7 Å². The molecule has 0 aliphatic heterocycles. The number of phenols is 1. The van der Waals surface area contributed by atoms with Gasteiger partial charge in [0.25, 0.3) is 0 Å². The van der Waals surface area contributed by atoms with Gasteiger partial charge in [-0.05, 0) is 30.7 Å². The van der Waals surface area contributed by atoms with Crippen molar-refractivity contribution in [2.24, 2.45) is 0 Å². The molecule has 3 nitrogen and oxygen atoms in total. The Kier molecular flexibility index (Phi) is 10.6. The lowest BCUT2D eigenvalue weighted by molar-refractivity contribution is -0.143. The third kappa shape index (κ3) is 9.72. The molecule has 0 amide bonds. The molecule has 1 N–H and O–H groups in total. The Hall–Kier alpha value is -1.16. The zero-order valence-electron chi connectivity index (χ0n) is 13.6. The van der Waals surface area contributed by atoms with Gasteiger partial charge in [-0.25, -0.2) is 0 Å². The minimum absolute atomic E-state index is 0.0835. The summed E-state index contributed by atoms with van der Waals surface area (Å²) >= 11 is 1.62. The number of rotatable bonds is 12. The van der Waals surface area contributed by atoms with Crippen LogP contribution in [0.15, 0.2) is 29.2 Å². The Morgan fingerprint density at radius 2 is 1.68 bits per heavy atom. The van der Waals surface area contributed by atoms with E-state index in [0.29, 0.717) is 13.0 Å². The fourth-order valence-corrected chi connectivity index (χ4v) is 2.89. The van der Waals surface area contributed by atoms with E-state index in [0.717, 1.165) is 23.5 Å². The van der Waals surface area contributed by atoms with Gasteiger partial charge in [0.1, 0.15) is 12.4 Å². The van der Waals surface area contributed by atoms with Crippen molar-refractivity contribution in [1.82, 2.24) is 0 Å². The Morgan fingerprint density at radius 1 is 1.05 bits per heavy atom. The van der Waals surface area contributed by atoms with Gasteiger partial charge in [-0.2, -0.15) is 0 Å². The fraction of sp³-hybridized carbons (Fsp3) is 0.611. The average molecular weight is 324 g/mol. The largest absolute Gasteiger partial charge is 0.508 e. The number of aromatic hydroxyl groups is 1. The lowest BCUT2D eigenvalue weighted by Gasteiger charge is -2.05. The van der Waals surface area contributed by atoms with Crippen LogP contribution in [0.1, 0.15) is 58.3 Å². The maximum Gasteiger partial charge on any atom is 0.305 e. The Morgan fingerprint density at radius 3 is 2.36 bits per heavy atom. The quantitative estimate of drug-likeness (QED) is 0.327. The third-order valence-electron chi connectivity index (χ3n) is 3.44. The minimum atomic E-state index is -0.0835. The molecule has 0 heterocycles. The van der Waals surface area contributed by atoms with Crippen molar-refractivity contribution in [3.8, 4) is 5.75 Å². The molecule has 0 unspecified atom stereocenters. The van der Waals surface area contributed by atoms with Crippen molar-refractivity contribution in [2.75, 3.05) is 12.4 Å². The van der Waals surface area contributed by atoms with E-state index in [2.05, 4.69) is 6.92 Å². The molecule has 0 bridgehead atoms. The lowest BCUT2D eigenvalue weighted by Crippen LogP contribution is -2.07. The van der Waals surface area contributed by atoms with Gasteiger partial charge in [0.05, 0.1) is 0 Å². The van der Waals surface area contributed by atoms with Crippen LogP contribution in [0.5, 0.6) is 5.75 Å². The van der Waals surface area contributed by atoms with E-state index < -0.39 is 0 Å². The molecule has 22 heavy (non-hydrogen) atoms. The molecule has 1 aromatic rings. The summed E-state index contributed by atoms with van der Waals surface area (Å²) in [5, 5.41) is 9.19. The minimum Gasteiger partial charge on any atom is -0.508 e. The number of hydrogen-bond donors (Lipinski definition) is 1. The first-order valence-electron chi connectivity index (χ1n) is 8.30. The van der Waals surface area contributed by atoms with Gasteiger partial charge in [0.2, 0.25) is 0 Å². The van der Waals surface area contributed by atoms with Crippen molar-refractivity contribution in [3.63, 3.8) is 0 Å². The SMILES string of the molecule is CCCCCCCCCC(=O)OCCSc1ccc(O)cc1. The molecule has 0 aromatic heterocycles. The highest BCUT2D eigenvalue weighted by atomic mass is 32.2. The molecule has 4 heteroatoms. The van der Waals surface area contributed by atoms with E-state index >= 15 is 0 Å². The molecule has 0 saturated heterocycles. The van der Waals surface area contributed by atoms with Crippen LogP contribution < -0.4 is 0 Å². The second-order valence-corrected chi connectivity index (χ2v) is 6.60. The van der Waals surface area contributed by atoms with Crippen LogP contribution >= 0.6 is 11.8 Å². The van der Waals surface area contributed by atoms with Crippen LogP contribution in [0.4, 0.5) is 0 Å². The summed E-state index contributed by atoms with van der Waals surface area (Å²) in [6.45, 7) is 2.66. The average Bonchev–Trinajstić information content (AvgIpc) is 2.52. The van der Waals surface area contributed by atoms with Crippen LogP contribution in [0, 0.1) is 0 Å². The van der Waals surface area contributed by atoms with Crippen molar-refractivity contribution in [1.29, 1.82) is 0 Å². The Balaban J connectivity index is 1.94. The van der Waals surface area contributed by atoms with Gasteiger partial charge in [-0.15, -0.1) is 11.8 Å². The molecular formula is C18H28O3S. The number of unbranched alkanes of at least 4 members (excludes halogenated alkanes) is 6. The molecule has 0 fully saturated rings. The number of phenolic OH excluding ortho intramolecular Hbond substituents is 1. The predicted octanol–water partition coefficient (Wildman–Crippen LogP) is 5.17. The van der Waals surface area contributed by atoms with Crippen LogP contribution in [0.3, 0.4) is 0 Å². The topological polar surface area (TPSA) is 46.5 Å². The maximum absolute atomic E-state index is 11.6. The fourth-order valence-electron chi connectivity index (χ4n) is 2.16. The highest BCUT2D eigenvalue weighted by Crippen LogP contribution is 2.20. The van der Waals surface area contributed by atoms with Gasteiger partial charge < -0.3 is 9.84 Å². The summed E-state index contributed by atoms with van der Waals surface area (Å²) in [6.07, 6.45) is 9.02. The zero-order chi connectivity index (χ0) is 16.0. The summed E-state index contributed by atoms with van der Waals surface area (Å²) in [5.41, 5.74) is 0. The number of esters is 1. The van der Waals surface area contributed by atoms with E-state index in [1.165, 1.54) is 32.1 Å². The molecule has 0 saturated carbocycles. The molecule has 1 aromatic carbocycles. The molecule has 0 aliphatic carbocycles. The van der Waals surface area contributed by atoms with E-state index in [1.807, 2.05) is 12.1 Å². The molecule has 0 spiro atoms.